The predicted octanol–water partition coefficient (Wildman–Crippen LogP) is 8.06. The average Bonchev–Trinajstić information content (AvgIpc) is 2.85. The van der Waals surface area contributed by atoms with Gasteiger partial charge in [0.25, 0.3) is 5.24 Å². The Hall–Kier alpha value is -3.60. The first kappa shape index (κ1) is 24.1. The van der Waals surface area contributed by atoms with Crippen LogP contribution in [0.3, 0.4) is 0 Å². The standard InChI is InChI=1S/C14H11ClO.C13H9ClN2O/c15-14(16)13(11-7-3-1-4-8-11)12-9-5-2-6-10-12;14-13(17)10-6-8-12(9-7-10)16-15-11-4-2-1-3-5-11/h1-10,13H;1-9H. The highest BCUT2D eigenvalue weighted by Crippen LogP contribution is 2.26. The van der Waals surface area contributed by atoms with Crippen molar-refractivity contribution in [3.05, 3.63) is 132 Å². The molecule has 164 valence electrons. The number of halogens is 2. The average molecular weight is 475 g/mol. The lowest BCUT2D eigenvalue weighted by molar-refractivity contribution is -0.112. The Morgan fingerprint density at radius 1 is 0.545 bits per heavy atom. The number of azo groups is 1. The number of benzene rings is 4. The molecule has 0 atom stereocenters. The zero-order valence-corrected chi connectivity index (χ0v) is 19.0. The van der Waals surface area contributed by atoms with Crippen molar-refractivity contribution in [3.8, 4) is 0 Å². The Kier molecular flexibility index (Phi) is 9.07. The fraction of sp³-hybridized carbons (Fsp3) is 0.0370. The van der Waals surface area contributed by atoms with Gasteiger partial charge < -0.3 is 0 Å². The quantitative estimate of drug-likeness (QED) is 0.209. The van der Waals surface area contributed by atoms with Crippen molar-refractivity contribution < 1.29 is 9.59 Å². The third-order valence-electron chi connectivity index (χ3n) is 4.62. The van der Waals surface area contributed by atoms with Gasteiger partial charge in [-0.25, -0.2) is 0 Å². The maximum Gasteiger partial charge on any atom is 0.252 e. The molecule has 0 aliphatic rings. The van der Waals surface area contributed by atoms with Gasteiger partial charge in [-0.2, -0.15) is 10.2 Å². The summed E-state index contributed by atoms with van der Waals surface area (Å²) in [5.41, 5.74) is 3.76. The summed E-state index contributed by atoms with van der Waals surface area (Å²) in [6, 6.07) is 35.2. The molecule has 6 heteroatoms. The van der Waals surface area contributed by atoms with E-state index in [1.54, 1.807) is 24.3 Å². The number of hydrogen-bond donors (Lipinski definition) is 0. The van der Waals surface area contributed by atoms with E-state index in [1.807, 2.05) is 91.0 Å². The zero-order valence-electron chi connectivity index (χ0n) is 17.5. The molecule has 0 aliphatic carbocycles. The molecule has 0 unspecified atom stereocenters. The number of carbonyl (C=O) groups excluding carboxylic acids is 2. The number of rotatable bonds is 6. The van der Waals surface area contributed by atoms with E-state index < -0.39 is 5.24 Å². The van der Waals surface area contributed by atoms with Gasteiger partial charge in [0.2, 0.25) is 5.24 Å². The maximum atomic E-state index is 11.5. The second kappa shape index (κ2) is 12.4. The molecule has 33 heavy (non-hydrogen) atoms. The third kappa shape index (κ3) is 7.49. The van der Waals surface area contributed by atoms with E-state index in [0.29, 0.717) is 11.3 Å². The Balaban J connectivity index is 0.000000186. The van der Waals surface area contributed by atoms with Gasteiger partial charge in [0, 0.05) is 5.56 Å². The van der Waals surface area contributed by atoms with E-state index in [2.05, 4.69) is 10.2 Å². The minimum Gasteiger partial charge on any atom is -0.280 e. The van der Waals surface area contributed by atoms with E-state index in [-0.39, 0.29) is 11.2 Å². The first-order valence-corrected chi connectivity index (χ1v) is 10.9. The molecular weight excluding hydrogens is 455 g/mol. The summed E-state index contributed by atoms with van der Waals surface area (Å²) in [5.74, 6) is -0.371. The molecule has 0 fully saturated rings. The Morgan fingerprint density at radius 3 is 1.33 bits per heavy atom. The van der Waals surface area contributed by atoms with Crippen LogP contribution in [0.1, 0.15) is 27.4 Å². The predicted molar refractivity (Wildman–Crippen MR) is 133 cm³/mol. The first-order valence-electron chi connectivity index (χ1n) is 10.1. The molecule has 0 radical (unpaired) electrons. The highest BCUT2D eigenvalue weighted by atomic mass is 35.5. The molecule has 0 heterocycles. The molecule has 0 saturated carbocycles. The van der Waals surface area contributed by atoms with E-state index in [0.717, 1.165) is 16.8 Å². The van der Waals surface area contributed by atoms with Crippen LogP contribution >= 0.6 is 23.2 Å². The monoisotopic (exact) mass is 474 g/mol. The fourth-order valence-electron chi connectivity index (χ4n) is 3.01. The minimum atomic E-state index is -0.475. The van der Waals surface area contributed by atoms with Crippen LogP contribution in [-0.4, -0.2) is 10.5 Å². The van der Waals surface area contributed by atoms with Crippen LogP contribution in [0.5, 0.6) is 0 Å². The molecule has 4 aromatic carbocycles. The molecule has 0 aromatic heterocycles. The van der Waals surface area contributed by atoms with Gasteiger partial charge in [0.1, 0.15) is 0 Å². The smallest absolute Gasteiger partial charge is 0.252 e. The topological polar surface area (TPSA) is 58.9 Å². The fourth-order valence-corrected chi connectivity index (χ4v) is 3.39. The summed E-state index contributed by atoms with van der Waals surface area (Å²) in [6.07, 6.45) is 0. The van der Waals surface area contributed by atoms with E-state index >= 15 is 0 Å². The van der Waals surface area contributed by atoms with Crippen molar-refractivity contribution >= 4 is 45.1 Å². The van der Waals surface area contributed by atoms with Crippen molar-refractivity contribution in [1.29, 1.82) is 0 Å². The lowest BCUT2D eigenvalue weighted by atomic mass is 9.93. The van der Waals surface area contributed by atoms with E-state index in [4.69, 9.17) is 23.2 Å². The number of nitrogens with zero attached hydrogens (tertiary/aromatic N) is 2. The molecule has 4 aromatic rings. The largest absolute Gasteiger partial charge is 0.280 e. The Morgan fingerprint density at radius 2 is 0.939 bits per heavy atom. The maximum absolute atomic E-state index is 11.5. The van der Waals surface area contributed by atoms with Gasteiger partial charge in [0.15, 0.2) is 0 Å². The van der Waals surface area contributed by atoms with Gasteiger partial charge in [-0.05, 0) is 70.7 Å². The molecule has 4 rings (SSSR count). The van der Waals surface area contributed by atoms with Gasteiger partial charge in [-0.3, -0.25) is 9.59 Å². The molecule has 0 bridgehead atoms. The van der Waals surface area contributed by atoms with Crippen LogP contribution in [0.4, 0.5) is 11.4 Å². The van der Waals surface area contributed by atoms with Crippen LogP contribution < -0.4 is 0 Å². The summed E-state index contributed by atoms with van der Waals surface area (Å²) in [7, 11) is 0. The van der Waals surface area contributed by atoms with Crippen molar-refractivity contribution in [1.82, 2.24) is 0 Å². The molecule has 0 amide bonds. The van der Waals surface area contributed by atoms with Gasteiger partial charge >= 0.3 is 0 Å². The van der Waals surface area contributed by atoms with Crippen LogP contribution in [0, 0.1) is 0 Å². The third-order valence-corrected chi connectivity index (χ3v) is 5.06. The van der Waals surface area contributed by atoms with Gasteiger partial charge in [0.05, 0.1) is 17.3 Å². The second-order valence-electron chi connectivity index (χ2n) is 6.91. The first-order chi connectivity index (χ1) is 16.0. The summed E-state index contributed by atoms with van der Waals surface area (Å²) >= 11 is 11.0. The summed E-state index contributed by atoms with van der Waals surface area (Å²) in [5, 5.41) is 7.28. The van der Waals surface area contributed by atoms with Crippen molar-refractivity contribution in [2.45, 2.75) is 5.92 Å². The van der Waals surface area contributed by atoms with Crippen molar-refractivity contribution in [2.24, 2.45) is 10.2 Å². The molecule has 0 spiro atoms. The molecular formula is C27H20Cl2N2O2. The van der Waals surface area contributed by atoms with Crippen LogP contribution in [0.25, 0.3) is 0 Å². The molecule has 0 saturated heterocycles. The minimum absolute atomic E-state index is 0.350. The Labute approximate surface area is 202 Å². The SMILES string of the molecule is O=C(Cl)C(c1ccccc1)c1ccccc1.O=C(Cl)c1ccc(N=Nc2ccccc2)cc1. The van der Waals surface area contributed by atoms with Crippen LogP contribution in [0.15, 0.2) is 125 Å². The normalized spacial score (nSPS) is 10.5. The highest BCUT2D eigenvalue weighted by molar-refractivity contribution is 6.67. The molecule has 0 N–H and O–H groups in total. The van der Waals surface area contributed by atoms with Crippen molar-refractivity contribution in [3.63, 3.8) is 0 Å². The number of carbonyl (C=O) groups is 2. The van der Waals surface area contributed by atoms with Gasteiger partial charge in [-0.15, -0.1) is 0 Å². The lowest BCUT2D eigenvalue weighted by Gasteiger charge is -2.12. The lowest BCUT2D eigenvalue weighted by Crippen LogP contribution is -2.08. The second-order valence-corrected chi connectivity index (χ2v) is 7.63. The Bertz CT molecular complexity index is 1160. The van der Waals surface area contributed by atoms with Crippen LogP contribution in [0.2, 0.25) is 0 Å². The summed E-state index contributed by atoms with van der Waals surface area (Å²) in [4.78, 5) is 22.4. The van der Waals surface area contributed by atoms with Crippen LogP contribution in [-0.2, 0) is 4.79 Å². The zero-order chi connectivity index (χ0) is 23.5. The van der Waals surface area contributed by atoms with Crippen molar-refractivity contribution in [2.75, 3.05) is 0 Å². The molecule has 0 aliphatic heterocycles. The summed E-state index contributed by atoms with van der Waals surface area (Å²) < 4.78 is 0. The molecule has 4 nitrogen and oxygen atoms in total. The van der Waals surface area contributed by atoms with E-state index in [9.17, 15) is 9.59 Å². The highest BCUT2D eigenvalue weighted by Gasteiger charge is 2.20. The summed E-state index contributed by atoms with van der Waals surface area (Å²) in [6.45, 7) is 0. The number of hydrogen-bond acceptors (Lipinski definition) is 4. The van der Waals surface area contributed by atoms with Gasteiger partial charge in [-0.1, -0.05) is 78.9 Å². The van der Waals surface area contributed by atoms with E-state index in [1.165, 1.54) is 0 Å².